The Labute approximate surface area is 121 Å². The SMILES string of the molecule is C=O.OCOc1ccc2ccc3cccc4ccc1c2c34. The first-order valence-electron chi connectivity index (χ1n) is 6.57. The molecule has 0 saturated carbocycles. The third-order valence-corrected chi connectivity index (χ3v) is 3.71. The van der Waals surface area contributed by atoms with Crippen molar-refractivity contribution in [2.75, 3.05) is 6.79 Å². The van der Waals surface area contributed by atoms with Gasteiger partial charge in [0.2, 0.25) is 0 Å². The van der Waals surface area contributed by atoms with E-state index in [1.165, 1.54) is 26.9 Å². The van der Waals surface area contributed by atoms with Crippen LogP contribution in [-0.4, -0.2) is 18.7 Å². The average molecular weight is 278 g/mol. The number of carbonyl (C=O) groups is 1. The van der Waals surface area contributed by atoms with Crippen LogP contribution in [0.4, 0.5) is 0 Å². The molecule has 104 valence electrons. The molecule has 0 radical (unpaired) electrons. The molecular weight excluding hydrogens is 264 g/mol. The number of benzene rings is 4. The second-order valence-corrected chi connectivity index (χ2v) is 4.69. The topological polar surface area (TPSA) is 46.5 Å². The first kappa shape index (κ1) is 13.3. The molecule has 0 saturated heterocycles. The fourth-order valence-corrected chi connectivity index (χ4v) is 2.90. The monoisotopic (exact) mass is 278 g/mol. The molecular formula is C18H14O3. The number of hydrogen-bond donors (Lipinski definition) is 1. The molecule has 0 aliphatic carbocycles. The maximum Gasteiger partial charge on any atom is 0.186 e. The first-order valence-corrected chi connectivity index (χ1v) is 6.57. The predicted molar refractivity (Wildman–Crippen MR) is 85.0 cm³/mol. The second kappa shape index (κ2) is 5.38. The Hall–Kier alpha value is -2.65. The van der Waals surface area contributed by atoms with Gasteiger partial charge in [0.1, 0.15) is 12.5 Å². The molecule has 3 nitrogen and oxygen atoms in total. The van der Waals surface area contributed by atoms with Crippen LogP contribution in [0.15, 0.2) is 54.6 Å². The van der Waals surface area contributed by atoms with Gasteiger partial charge in [0.25, 0.3) is 0 Å². The van der Waals surface area contributed by atoms with Gasteiger partial charge in [-0.15, -0.1) is 0 Å². The molecule has 3 heteroatoms. The van der Waals surface area contributed by atoms with Crippen molar-refractivity contribution in [3.8, 4) is 5.75 Å². The molecule has 0 aliphatic heterocycles. The van der Waals surface area contributed by atoms with E-state index in [0.717, 1.165) is 11.1 Å². The molecule has 0 aliphatic rings. The van der Waals surface area contributed by atoms with Crippen molar-refractivity contribution in [3.63, 3.8) is 0 Å². The van der Waals surface area contributed by atoms with E-state index in [1.54, 1.807) is 0 Å². The summed E-state index contributed by atoms with van der Waals surface area (Å²) in [7, 11) is 0. The van der Waals surface area contributed by atoms with Crippen molar-refractivity contribution in [1.29, 1.82) is 0 Å². The minimum Gasteiger partial charge on any atom is -0.467 e. The fourth-order valence-electron chi connectivity index (χ4n) is 2.90. The van der Waals surface area contributed by atoms with E-state index >= 15 is 0 Å². The first-order chi connectivity index (χ1) is 10.4. The van der Waals surface area contributed by atoms with Gasteiger partial charge in [0, 0.05) is 10.8 Å². The summed E-state index contributed by atoms with van der Waals surface area (Å²) in [4.78, 5) is 8.00. The predicted octanol–water partition coefficient (Wildman–Crippen LogP) is 3.73. The Morgan fingerprint density at radius 1 is 0.810 bits per heavy atom. The zero-order chi connectivity index (χ0) is 14.8. The summed E-state index contributed by atoms with van der Waals surface area (Å²) in [6.07, 6.45) is 0. The molecule has 1 N–H and O–H groups in total. The molecule has 0 fully saturated rings. The van der Waals surface area contributed by atoms with Crippen LogP contribution in [0.5, 0.6) is 5.75 Å². The fraction of sp³-hybridized carbons (Fsp3) is 0.0556. The Morgan fingerprint density at radius 3 is 2.05 bits per heavy atom. The van der Waals surface area contributed by atoms with Gasteiger partial charge >= 0.3 is 0 Å². The highest BCUT2D eigenvalue weighted by molar-refractivity contribution is 6.24. The zero-order valence-electron chi connectivity index (χ0n) is 11.4. The third-order valence-electron chi connectivity index (χ3n) is 3.71. The van der Waals surface area contributed by atoms with Crippen LogP contribution in [0.25, 0.3) is 32.3 Å². The molecule has 0 unspecified atom stereocenters. The van der Waals surface area contributed by atoms with Crippen molar-refractivity contribution < 1.29 is 14.6 Å². The summed E-state index contributed by atoms with van der Waals surface area (Å²) in [6, 6.07) is 18.7. The van der Waals surface area contributed by atoms with Crippen molar-refractivity contribution >= 4 is 39.1 Å². The zero-order valence-corrected chi connectivity index (χ0v) is 11.4. The quantitative estimate of drug-likeness (QED) is 0.449. The van der Waals surface area contributed by atoms with Crippen molar-refractivity contribution in [3.05, 3.63) is 54.6 Å². The van der Waals surface area contributed by atoms with Gasteiger partial charge in [0.05, 0.1) is 0 Å². The largest absolute Gasteiger partial charge is 0.467 e. The maximum atomic E-state index is 8.99. The van der Waals surface area contributed by atoms with Crippen LogP contribution in [0.1, 0.15) is 0 Å². The highest BCUT2D eigenvalue weighted by Gasteiger charge is 2.10. The number of rotatable bonds is 2. The molecule has 0 heterocycles. The summed E-state index contributed by atoms with van der Waals surface area (Å²) in [5.74, 6) is 0.730. The summed E-state index contributed by atoms with van der Waals surface area (Å²) in [6.45, 7) is 1.70. The molecule has 0 aromatic heterocycles. The molecule has 0 bridgehead atoms. The van der Waals surface area contributed by atoms with E-state index in [0.29, 0.717) is 0 Å². The van der Waals surface area contributed by atoms with Crippen LogP contribution in [0.2, 0.25) is 0 Å². The summed E-state index contributed by atoms with van der Waals surface area (Å²) in [5.41, 5.74) is 0. The molecule has 0 spiro atoms. The molecule has 0 atom stereocenters. The van der Waals surface area contributed by atoms with Gasteiger partial charge in [-0.1, -0.05) is 42.5 Å². The molecule has 0 amide bonds. The van der Waals surface area contributed by atoms with Crippen LogP contribution in [0.3, 0.4) is 0 Å². The maximum absolute atomic E-state index is 8.99. The highest BCUT2D eigenvalue weighted by Crippen LogP contribution is 2.38. The number of carbonyl (C=O) groups excluding carboxylic acids is 1. The lowest BCUT2D eigenvalue weighted by Gasteiger charge is -2.13. The minimum absolute atomic E-state index is 0.302. The van der Waals surface area contributed by atoms with Crippen LogP contribution >= 0.6 is 0 Å². The minimum atomic E-state index is -0.302. The van der Waals surface area contributed by atoms with Crippen molar-refractivity contribution in [2.24, 2.45) is 0 Å². The Bertz CT molecular complexity index is 883. The Kier molecular flexibility index (Phi) is 3.42. The lowest BCUT2D eigenvalue weighted by molar-refractivity contribution is -0.0979. The normalized spacial score (nSPS) is 10.7. The van der Waals surface area contributed by atoms with Gasteiger partial charge < -0.3 is 14.6 Å². The van der Waals surface area contributed by atoms with Crippen LogP contribution in [-0.2, 0) is 4.79 Å². The van der Waals surface area contributed by atoms with Gasteiger partial charge in [-0.3, -0.25) is 0 Å². The van der Waals surface area contributed by atoms with Crippen molar-refractivity contribution in [1.82, 2.24) is 0 Å². The van der Waals surface area contributed by atoms with E-state index < -0.39 is 0 Å². The summed E-state index contributed by atoms with van der Waals surface area (Å²) >= 11 is 0. The van der Waals surface area contributed by atoms with E-state index in [9.17, 15) is 0 Å². The number of aliphatic hydroxyl groups is 1. The van der Waals surface area contributed by atoms with E-state index in [4.69, 9.17) is 14.6 Å². The molecule has 4 aromatic carbocycles. The van der Waals surface area contributed by atoms with E-state index in [-0.39, 0.29) is 6.79 Å². The van der Waals surface area contributed by atoms with Gasteiger partial charge in [-0.2, -0.15) is 0 Å². The van der Waals surface area contributed by atoms with Gasteiger partial charge in [-0.05, 0) is 33.7 Å². The Morgan fingerprint density at radius 2 is 1.38 bits per heavy atom. The highest BCUT2D eigenvalue weighted by atomic mass is 16.6. The van der Waals surface area contributed by atoms with Crippen LogP contribution < -0.4 is 4.74 Å². The smallest absolute Gasteiger partial charge is 0.186 e. The average Bonchev–Trinajstić information content (AvgIpc) is 2.56. The van der Waals surface area contributed by atoms with E-state index in [1.807, 2.05) is 18.9 Å². The van der Waals surface area contributed by atoms with Crippen molar-refractivity contribution in [2.45, 2.75) is 0 Å². The number of hydrogen-bond acceptors (Lipinski definition) is 3. The Balaban J connectivity index is 0.000000636. The molecule has 4 rings (SSSR count). The lowest BCUT2D eigenvalue weighted by atomic mass is 9.94. The lowest BCUT2D eigenvalue weighted by Crippen LogP contribution is -1.95. The third kappa shape index (κ3) is 1.99. The molecule has 21 heavy (non-hydrogen) atoms. The standard InChI is InChI=1S/C17H12O2.CH2O/c18-10-19-15-9-7-13-5-4-11-2-1-3-12-6-8-14(15)17(13)16(11)12;1-2/h1-9,18H,10H2;1H2. The number of ether oxygens (including phenoxy) is 1. The van der Waals surface area contributed by atoms with Gasteiger partial charge in [-0.25, -0.2) is 0 Å². The summed E-state index contributed by atoms with van der Waals surface area (Å²) < 4.78 is 5.32. The van der Waals surface area contributed by atoms with E-state index in [2.05, 4.69) is 42.5 Å². The van der Waals surface area contributed by atoms with Crippen LogP contribution in [0, 0.1) is 0 Å². The summed E-state index contributed by atoms with van der Waals surface area (Å²) in [5, 5.41) is 16.2. The molecule has 4 aromatic rings. The van der Waals surface area contributed by atoms with Gasteiger partial charge in [0.15, 0.2) is 6.79 Å². The number of aliphatic hydroxyl groups excluding tert-OH is 1. The second-order valence-electron chi connectivity index (χ2n) is 4.69.